The molecule has 8 nitrogen and oxygen atoms in total. The summed E-state index contributed by atoms with van der Waals surface area (Å²) in [6, 6.07) is 7.78. The summed E-state index contributed by atoms with van der Waals surface area (Å²) in [4.78, 5) is 9.68. The van der Waals surface area contributed by atoms with Gasteiger partial charge in [-0.05, 0) is 37.0 Å². The van der Waals surface area contributed by atoms with Crippen LogP contribution in [0.4, 0.5) is 0 Å². The largest absolute Gasteiger partial charge is 0.379 e. The topological polar surface area (TPSA) is 77.5 Å². The Labute approximate surface area is 179 Å². The lowest BCUT2D eigenvalue weighted by Gasteiger charge is -2.32. The predicted molar refractivity (Wildman–Crippen MR) is 117 cm³/mol. The smallest absolute Gasteiger partial charge is 0.243 e. The SMILES string of the molecule is CN=C(NCc1ccc(S(=O)(=O)N2CCCC2)cc1)N1CCC(N2CCOCC2)C1. The van der Waals surface area contributed by atoms with Crippen molar-refractivity contribution in [2.75, 3.05) is 59.5 Å². The molecule has 0 radical (unpaired) electrons. The second-order valence-corrected chi connectivity index (χ2v) is 10.1. The zero-order valence-corrected chi connectivity index (χ0v) is 18.6. The minimum Gasteiger partial charge on any atom is -0.379 e. The molecule has 9 heteroatoms. The summed E-state index contributed by atoms with van der Waals surface area (Å²) in [5, 5.41) is 3.44. The van der Waals surface area contributed by atoms with E-state index in [1.807, 2.05) is 19.2 Å². The van der Waals surface area contributed by atoms with Crippen LogP contribution in [0.15, 0.2) is 34.2 Å². The van der Waals surface area contributed by atoms with Crippen LogP contribution >= 0.6 is 0 Å². The van der Waals surface area contributed by atoms with Gasteiger partial charge >= 0.3 is 0 Å². The molecule has 3 aliphatic heterocycles. The number of rotatable bonds is 5. The van der Waals surface area contributed by atoms with Gasteiger partial charge < -0.3 is 15.0 Å². The molecule has 1 unspecified atom stereocenters. The van der Waals surface area contributed by atoms with Gasteiger partial charge in [-0.2, -0.15) is 4.31 Å². The predicted octanol–water partition coefficient (Wildman–Crippen LogP) is 0.953. The molecular formula is C21H33N5O3S. The number of hydrogen-bond donors (Lipinski definition) is 1. The van der Waals surface area contributed by atoms with Crippen molar-refractivity contribution in [3.63, 3.8) is 0 Å². The van der Waals surface area contributed by atoms with E-state index in [0.29, 0.717) is 30.6 Å². The van der Waals surface area contributed by atoms with E-state index in [9.17, 15) is 8.42 Å². The monoisotopic (exact) mass is 435 g/mol. The first-order valence-electron chi connectivity index (χ1n) is 10.9. The summed E-state index contributed by atoms with van der Waals surface area (Å²) in [7, 11) is -1.54. The number of aliphatic imine (C=N–C) groups is 1. The van der Waals surface area contributed by atoms with E-state index >= 15 is 0 Å². The van der Waals surface area contributed by atoms with E-state index in [-0.39, 0.29) is 0 Å². The highest BCUT2D eigenvalue weighted by molar-refractivity contribution is 7.89. The van der Waals surface area contributed by atoms with E-state index < -0.39 is 10.0 Å². The summed E-state index contributed by atoms with van der Waals surface area (Å²) >= 11 is 0. The normalized spacial score (nSPS) is 24.5. The van der Waals surface area contributed by atoms with Crippen molar-refractivity contribution in [1.29, 1.82) is 0 Å². The lowest BCUT2D eigenvalue weighted by atomic mass is 10.2. The highest BCUT2D eigenvalue weighted by Gasteiger charge is 2.30. The lowest BCUT2D eigenvalue weighted by Crippen LogP contribution is -2.46. The molecule has 3 heterocycles. The zero-order chi connectivity index (χ0) is 21.0. The summed E-state index contributed by atoms with van der Waals surface area (Å²) in [6.45, 7) is 7.53. The molecule has 0 aromatic heterocycles. The molecule has 30 heavy (non-hydrogen) atoms. The second-order valence-electron chi connectivity index (χ2n) is 8.19. The Morgan fingerprint density at radius 3 is 2.47 bits per heavy atom. The standard InChI is InChI=1S/C21H33N5O3S/c1-22-21(25-11-8-19(17-25)24-12-14-29-15-13-24)23-16-18-4-6-20(7-5-18)30(27,28)26-9-2-3-10-26/h4-7,19H,2-3,8-17H2,1H3,(H,22,23). The van der Waals surface area contributed by atoms with Crippen molar-refractivity contribution < 1.29 is 13.2 Å². The number of hydrogen-bond acceptors (Lipinski definition) is 5. The third-order valence-corrected chi connectivity index (χ3v) is 8.23. The van der Waals surface area contributed by atoms with Crippen LogP contribution in [0.5, 0.6) is 0 Å². The molecular weight excluding hydrogens is 402 g/mol. The van der Waals surface area contributed by atoms with Crippen LogP contribution in [-0.4, -0.2) is 94.1 Å². The van der Waals surface area contributed by atoms with Crippen molar-refractivity contribution in [3.05, 3.63) is 29.8 Å². The van der Waals surface area contributed by atoms with Gasteiger partial charge in [-0.3, -0.25) is 9.89 Å². The quantitative estimate of drug-likeness (QED) is 0.548. The van der Waals surface area contributed by atoms with Crippen LogP contribution in [0.25, 0.3) is 0 Å². The minimum atomic E-state index is -3.35. The Bertz CT molecular complexity index is 831. The van der Waals surface area contributed by atoms with E-state index in [2.05, 4.69) is 20.1 Å². The van der Waals surface area contributed by atoms with Gasteiger partial charge in [0.15, 0.2) is 5.96 Å². The molecule has 1 aromatic carbocycles. The highest BCUT2D eigenvalue weighted by atomic mass is 32.2. The molecule has 1 aromatic rings. The number of guanidine groups is 1. The van der Waals surface area contributed by atoms with Gasteiger partial charge in [-0.15, -0.1) is 0 Å². The second kappa shape index (κ2) is 9.64. The van der Waals surface area contributed by atoms with E-state index in [1.54, 1.807) is 16.4 Å². The van der Waals surface area contributed by atoms with Gasteiger partial charge in [0.2, 0.25) is 10.0 Å². The molecule has 0 amide bonds. The Morgan fingerprint density at radius 2 is 1.80 bits per heavy atom. The Kier molecular flexibility index (Phi) is 6.92. The molecule has 3 fully saturated rings. The molecule has 0 saturated carbocycles. The van der Waals surface area contributed by atoms with E-state index in [0.717, 1.165) is 70.2 Å². The Balaban J connectivity index is 1.31. The van der Waals surface area contributed by atoms with Crippen LogP contribution in [0.2, 0.25) is 0 Å². The molecule has 0 aliphatic carbocycles. The number of likely N-dealkylation sites (tertiary alicyclic amines) is 1. The number of benzene rings is 1. The Hall–Kier alpha value is -1.68. The van der Waals surface area contributed by atoms with Gasteiger partial charge in [0, 0.05) is 58.9 Å². The first-order chi connectivity index (χ1) is 14.6. The van der Waals surface area contributed by atoms with Gasteiger partial charge in [0.05, 0.1) is 18.1 Å². The van der Waals surface area contributed by atoms with Gasteiger partial charge in [0.25, 0.3) is 0 Å². The summed E-state index contributed by atoms with van der Waals surface area (Å²) < 4.78 is 32.4. The van der Waals surface area contributed by atoms with Crippen LogP contribution in [0, 0.1) is 0 Å². The van der Waals surface area contributed by atoms with Crippen LogP contribution in [0.1, 0.15) is 24.8 Å². The highest BCUT2D eigenvalue weighted by Crippen LogP contribution is 2.21. The maximum Gasteiger partial charge on any atom is 0.243 e. The van der Waals surface area contributed by atoms with Gasteiger partial charge in [-0.1, -0.05) is 12.1 Å². The van der Waals surface area contributed by atoms with Crippen molar-refractivity contribution in [3.8, 4) is 0 Å². The lowest BCUT2D eigenvalue weighted by molar-refractivity contribution is 0.0195. The summed E-state index contributed by atoms with van der Waals surface area (Å²) in [6.07, 6.45) is 3.04. The summed E-state index contributed by atoms with van der Waals surface area (Å²) in [5.74, 6) is 0.902. The summed E-state index contributed by atoms with van der Waals surface area (Å²) in [5.41, 5.74) is 1.04. The maximum absolute atomic E-state index is 12.7. The minimum absolute atomic E-state index is 0.380. The average molecular weight is 436 g/mol. The molecule has 166 valence electrons. The molecule has 1 N–H and O–H groups in total. The molecule has 4 rings (SSSR count). The third-order valence-electron chi connectivity index (χ3n) is 6.31. The maximum atomic E-state index is 12.7. The fraction of sp³-hybridized carbons (Fsp3) is 0.667. The van der Waals surface area contributed by atoms with Crippen LogP contribution in [0.3, 0.4) is 0 Å². The number of nitrogens with zero attached hydrogens (tertiary/aromatic N) is 4. The first-order valence-corrected chi connectivity index (χ1v) is 12.4. The fourth-order valence-electron chi connectivity index (χ4n) is 4.55. The van der Waals surface area contributed by atoms with Crippen LogP contribution in [-0.2, 0) is 21.3 Å². The molecule has 1 atom stereocenters. The van der Waals surface area contributed by atoms with Crippen molar-refractivity contribution in [1.82, 2.24) is 19.4 Å². The number of ether oxygens (including phenoxy) is 1. The Morgan fingerprint density at radius 1 is 1.10 bits per heavy atom. The van der Waals surface area contributed by atoms with Crippen molar-refractivity contribution in [2.45, 2.75) is 36.7 Å². The molecule has 0 bridgehead atoms. The number of sulfonamides is 1. The van der Waals surface area contributed by atoms with Crippen molar-refractivity contribution in [2.24, 2.45) is 4.99 Å². The average Bonchev–Trinajstić information content (AvgIpc) is 3.48. The van der Waals surface area contributed by atoms with Crippen molar-refractivity contribution >= 4 is 16.0 Å². The molecule has 3 aliphatic rings. The van der Waals surface area contributed by atoms with E-state index in [1.165, 1.54) is 0 Å². The fourth-order valence-corrected chi connectivity index (χ4v) is 6.06. The molecule has 0 spiro atoms. The molecule has 3 saturated heterocycles. The van der Waals surface area contributed by atoms with E-state index in [4.69, 9.17) is 4.74 Å². The number of morpholine rings is 1. The number of nitrogens with one attached hydrogen (secondary N) is 1. The third kappa shape index (κ3) is 4.80. The van der Waals surface area contributed by atoms with Crippen LogP contribution < -0.4 is 5.32 Å². The zero-order valence-electron chi connectivity index (χ0n) is 17.8. The van der Waals surface area contributed by atoms with Gasteiger partial charge in [0.1, 0.15) is 0 Å². The first kappa shape index (κ1) is 21.5. The van der Waals surface area contributed by atoms with Gasteiger partial charge in [-0.25, -0.2) is 8.42 Å².